The predicted octanol–water partition coefficient (Wildman–Crippen LogP) is 2.29. The maximum atomic E-state index is 6.08. The first kappa shape index (κ1) is 10.4. The monoisotopic (exact) mass is 197 g/mol. The lowest BCUT2D eigenvalue weighted by atomic mass is 9.87. The second kappa shape index (κ2) is 3.82. The van der Waals surface area contributed by atoms with E-state index in [0.717, 1.165) is 25.6 Å². The summed E-state index contributed by atoms with van der Waals surface area (Å²) < 4.78 is 6.08. The molecule has 2 nitrogen and oxygen atoms in total. The Hall–Kier alpha value is -0.0800. The van der Waals surface area contributed by atoms with E-state index in [-0.39, 0.29) is 5.60 Å². The van der Waals surface area contributed by atoms with Crippen LogP contribution in [0, 0.1) is 5.92 Å². The van der Waals surface area contributed by atoms with Gasteiger partial charge in [0.25, 0.3) is 0 Å². The van der Waals surface area contributed by atoms with Gasteiger partial charge in [-0.1, -0.05) is 13.3 Å². The van der Waals surface area contributed by atoms with E-state index in [1.165, 1.54) is 19.3 Å². The van der Waals surface area contributed by atoms with E-state index < -0.39 is 0 Å². The quantitative estimate of drug-likeness (QED) is 0.639. The van der Waals surface area contributed by atoms with Crippen molar-refractivity contribution in [2.45, 2.75) is 51.7 Å². The number of hydrogen-bond acceptors (Lipinski definition) is 2. The topological polar surface area (TPSA) is 12.5 Å². The summed E-state index contributed by atoms with van der Waals surface area (Å²) in [5.41, 5.74) is 0.245. The van der Waals surface area contributed by atoms with Gasteiger partial charge >= 0.3 is 0 Å². The van der Waals surface area contributed by atoms with E-state index in [9.17, 15) is 0 Å². The van der Waals surface area contributed by atoms with Crippen LogP contribution in [0.15, 0.2) is 0 Å². The third kappa shape index (κ3) is 1.96. The smallest absolute Gasteiger partial charge is 0.0935 e. The van der Waals surface area contributed by atoms with Gasteiger partial charge in [0.1, 0.15) is 0 Å². The highest BCUT2D eigenvalue weighted by Gasteiger charge is 2.45. The Bertz CT molecular complexity index is 196. The summed E-state index contributed by atoms with van der Waals surface area (Å²) in [7, 11) is 0. The lowest BCUT2D eigenvalue weighted by molar-refractivity contribution is -0.155. The van der Waals surface area contributed by atoms with E-state index in [1.54, 1.807) is 0 Å². The molecule has 0 aliphatic carbocycles. The van der Waals surface area contributed by atoms with Crippen molar-refractivity contribution in [3.05, 3.63) is 0 Å². The molecule has 2 fully saturated rings. The van der Waals surface area contributed by atoms with Crippen molar-refractivity contribution in [2.24, 2.45) is 5.92 Å². The summed E-state index contributed by atoms with van der Waals surface area (Å²) in [5.74, 6) is 0.766. The SMILES string of the molecule is CC1CCCC2(CN(C(C)C)C2)OC1. The first-order valence-corrected chi connectivity index (χ1v) is 5.99. The molecule has 14 heavy (non-hydrogen) atoms. The molecule has 0 aromatic heterocycles. The third-order valence-corrected chi connectivity index (χ3v) is 3.72. The third-order valence-electron chi connectivity index (χ3n) is 3.72. The summed E-state index contributed by atoms with van der Waals surface area (Å²) in [6.45, 7) is 10.1. The Morgan fingerprint density at radius 2 is 2.07 bits per heavy atom. The van der Waals surface area contributed by atoms with Crippen LogP contribution in [0.25, 0.3) is 0 Å². The normalized spacial score (nSPS) is 33.0. The molecule has 0 aromatic carbocycles. The molecule has 1 spiro atoms. The first-order chi connectivity index (χ1) is 6.61. The van der Waals surface area contributed by atoms with Crippen LogP contribution in [0.3, 0.4) is 0 Å². The molecule has 2 aliphatic rings. The lowest BCUT2D eigenvalue weighted by Crippen LogP contribution is -2.64. The van der Waals surface area contributed by atoms with Crippen molar-refractivity contribution in [3.8, 4) is 0 Å². The van der Waals surface area contributed by atoms with E-state index >= 15 is 0 Å². The average molecular weight is 197 g/mol. The molecule has 0 N–H and O–H groups in total. The molecule has 2 rings (SSSR count). The molecule has 0 bridgehead atoms. The van der Waals surface area contributed by atoms with Crippen molar-refractivity contribution in [1.29, 1.82) is 0 Å². The Morgan fingerprint density at radius 3 is 2.71 bits per heavy atom. The van der Waals surface area contributed by atoms with Gasteiger partial charge in [-0.2, -0.15) is 0 Å². The van der Waals surface area contributed by atoms with Gasteiger partial charge in [0, 0.05) is 19.1 Å². The van der Waals surface area contributed by atoms with Gasteiger partial charge in [0.15, 0.2) is 0 Å². The largest absolute Gasteiger partial charge is 0.372 e. The van der Waals surface area contributed by atoms with Crippen LogP contribution in [0.2, 0.25) is 0 Å². The number of rotatable bonds is 1. The van der Waals surface area contributed by atoms with Crippen molar-refractivity contribution >= 4 is 0 Å². The minimum atomic E-state index is 0.245. The van der Waals surface area contributed by atoms with Crippen molar-refractivity contribution < 1.29 is 4.74 Å². The Balaban J connectivity index is 1.87. The molecule has 0 saturated carbocycles. The average Bonchev–Trinajstić information content (AvgIpc) is 2.24. The summed E-state index contributed by atoms with van der Waals surface area (Å²) in [4.78, 5) is 2.51. The van der Waals surface area contributed by atoms with E-state index in [0.29, 0.717) is 6.04 Å². The van der Waals surface area contributed by atoms with Gasteiger partial charge in [-0.15, -0.1) is 0 Å². The van der Waals surface area contributed by atoms with Crippen LogP contribution in [-0.2, 0) is 4.74 Å². The second-order valence-electron chi connectivity index (χ2n) is 5.49. The van der Waals surface area contributed by atoms with Crippen LogP contribution < -0.4 is 0 Å². The van der Waals surface area contributed by atoms with Gasteiger partial charge in [-0.25, -0.2) is 0 Å². The van der Waals surface area contributed by atoms with Gasteiger partial charge in [0.05, 0.1) is 12.2 Å². The van der Waals surface area contributed by atoms with E-state index in [4.69, 9.17) is 4.74 Å². The molecule has 0 radical (unpaired) electrons. The molecule has 0 amide bonds. The molecule has 2 heterocycles. The molecule has 2 heteroatoms. The summed E-state index contributed by atoms with van der Waals surface area (Å²) >= 11 is 0. The molecule has 1 unspecified atom stereocenters. The van der Waals surface area contributed by atoms with Crippen molar-refractivity contribution in [2.75, 3.05) is 19.7 Å². The molecule has 82 valence electrons. The zero-order valence-electron chi connectivity index (χ0n) is 9.75. The van der Waals surface area contributed by atoms with Crippen molar-refractivity contribution in [3.63, 3.8) is 0 Å². The standard InChI is InChI=1S/C12H23NO/c1-10(2)13-8-12(9-13)6-4-5-11(3)7-14-12/h10-11H,4-9H2,1-3H3. The zero-order valence-corrected chi connectivity index (χ0v) is 9.75. The Morgan fingerprint density at radius 1 is 1.36 bits per heavy atom. The highest BCUT2D eigenvalue weighted by molar-refractivity contribution is 4.99. The molecular formula is C12H23NO. The Labute approximate surface area is 87.6 Å². The number of nitrogens with zero attached hydrogens (tertiary/aromatic N) is 1. The number of hydrogen-bond donors (Lipinski definition) is 0. The first-order valence-electron chi connectivity index (χ1n) is 5.99. The zero-order chi connectivity index (χ0) is 10.2. The van der Waals surface area contributed by atoms with Crippen LogP contribution in [0.5, 0.6) is 0 Å². The predicted molar refractivity (Wildman–Crippen MR) is 58.4 cm³/mol. The molecule has 2 saturated heterocycles. The maximum Gasteiger partial charge on any atom is 0.0935 e. The van der Waals surface area contributed by atoms with Gasteiger partial charge in [-0.3, -0.25) is 4.90 Å². The van der Waals surface area contributed by atoms with Crippen molar-refractivity contribution in [1.82, 2.24) is 4.90 Å². The fourth-order valence-electron chi connectivity index (χ4n) is 2.56. The van der Waals surface area contributed by atoms with Crippen LogP contribution in [-0.4, -0.2) is 36.2 Å². The van der Waals surface area contributed by atoms with Crippen LogP contribution in [0.1, 0.15) is 40.0 Å². The molecule has 0 aromatic rings. The summed E-state index contributed by atoms with van der Waals surface area (Å²) in [6, 6.07) is 0.685. The summed E-state index contributed by atoms with van der Waals surface area (Å²) in [6.07, 6.45) is 3.98. The molecule has 1 atom stereocenters. The maximum absolute atomic E-state index is 6.08. The highest BCUT2D eigenvalue weighted by Crippen LogP contribution is 2.35. The number of ether oxygens (including phenoxy) is 1. The fourth-order valence-corrected chi connectivity index (χ4v) is 2.56. The molecule has 2 aliphatic heterocycles. The van der Waals surface area contributed by atoms with Crippen LogP contribution in [0.4, 0.5) is 0 Å². The van der Waals surface area contributed by atoms with E-state index in [2.05, 4.69) is 25.7 Å². The lowest BCUT2D eigenvalue weighted by Gasteiger charge is -2.51. The van der Waals surface area contributed by atoms with Gasteiger partial charge in [-0.05, 0) is 32.6 Å². The van der Waals surface area contributed by atoms with Crippen LogP contribution >= 0.6 is 0 Å². The fraction of sp³-hybridized carbons (Fsp3) is 1.00. The second-order valence-corrected chi connectivity index (χ2v) is 5.49. The minimum Gasteiger partial charge on any atom is -0.372 e. The minimum absolute atomic E-state index is 0.245. The van der Waals surface area contributed by atoms with Gasteiger partial charge in [0.2, 0.25) is 0 Å². The summed E-state index contributed by atoms with van der Waals surface area (Å²) in [5, 5.41) is 0. The molecular weight excluding hydrogens is 174 g/mol. The highest BCUT2D eigenvalue weighted by atomic mass is 16.5. The van der Waals surface area contributed by atoms with Gasteiger partial charge < -0.3 is 4.74 Å². The Kier molecular flexibility index (Phi) is 2.85. The van der Waals surface area contributed by atoms with E-state index in [1.807, 2.05) is 0 Å². The number of likely N-dealkylation sites (tertiary alicyclic amines) is 1.